The van der Waals surface area contributed by atoms with E-state index in [0.29, 0.717) is 42.8 Å². The van der Waals surface area contributed by atoms with Crippen molar-refractivity contribution in [1.82, 2.24) is 4.31 Å². The van der Waals surface area contributed by atoms with Gasteiger partial charge >= 0.3 is 0 Å². The Hall–Kier alpha value is -2.25. The lowest BCUT2D eigenvalue weighted by Crippen LogP contribution is -2.52. The Labute approximate surface area is 170 Å². The fourth-order valence-corrected chi connectivity index (χ4v) is 5.63. The molecule has 0 N–H and O–H groups in total. The molecule has 1 fully saturated rings. The van der Waals surface area contributed by atoms with Gasteiger partial charge in [-0.2, -0.15) is 0 Å². The Morgan fingerprint density at radius 1 is 1.07 bits per heavy atom. The molecule has 0 unspecified atom stereocenters. The molecule has 0 radical (unpaired) electrons. The van der Waals surface area contributed by atoms with Crippen LogP contribution in [0.1, 0.15) is 47.7 Å². The maximum absolute atomic E-state index is 13.1. The standard InChI is InChI=1S/C22H24FNO4S/c1-2-16-5-8-21-19(13-16)20(25)14-22(28-21)9-11-24(12-10-22)29(26,27)15-17-3-6-18(23)7-4-17/h3-8,13H,2,9-12,14-15H2,1H3. The van der Waals surface area contributed by atoms with Crippen LogP contribution in [0, 0.1) is 5.82 Å². The highest BCUT2D eigenvalue weighted by atomic mass is 32.2. The summed E-state index contributed by atoms with van der Waals surface area (Å²) in [6.07, 6.45) is 2.07. The molecule has 0 amide bonds. The van der Waals surface area contributed by atoms with Gasteiger partial charge in [-0.05, 0) is 41.8 Å². The molecule has 0 atom stereocenters. The molecule has 29 heavy (non-hydrogen) atoms. The summed E-state index contributed by atoms with van der Waals surface area (Å²) in [5.74, 6) is 0.102. The van der Waals surface area contributed by atoms with Gasteiger partial charge in [-0.1, -0.05) is 25.1 Å². The number of carbonyl (C=O) groups is 1. The van der Waals surface area contributed by atoms with Gasteiger partial charge < -0.3 is 4.74 Å². The largest absolute Gasteiger partial charge is 0.486 e. The average molecular weight is 418 g/mol. The minimum absolute atomic E-state index is 0.0594. The molecular formula is C22H24FNO4S. The first-order valence-electron chi connectivity index (χ1n) is 9.88. The first kappa shape index (κ1) is 20.0. The molecule has 0 aliphatic carbocycles. The summed E-state index contributed by atoms with van der Waals surface area (Å²) in [5.41, 5.74) is 1.64. The van der Waals surface area contributed by atoms with Gasteiger partial charge in [0.15, 0.2) is 5.78 Å². The highest BCUT2D eigenvalue weighted by Gasteiger charge is 2.44. The Balaban J connectivity index is 1.46. The Kier molecular flexibility index (Phi) is 5.21. The van der Waals surface area contributed by atoms with Crippen molar-refractivity contribution < 1.29 is 22.3 Å². The van der Waals surface area contributed by atoms with Gasteiger partial charge in [-0.3, -0.25) is 4.79 Å². The second-order valence-corrected chi connectivity index (χ2v) is 9.82. The number of fused-ring (bicyclic) bond motifs is 1. The highest BCUT2D eigenvalue weighted by Crippen LogP contribution is 2.40. The van der Waals surface area contributed by atoms with Crippen molar-refractivity contribution in [3.63, 3.8) is 0 Å². The summed E-state index contributed by atoms with van der Waals surface area (Å²) in [5, 5.41) is 0. The van der Waals surface area contributed by atoms with Gasteiger partial charge in [0.25, 0.3) is 0 Å². The molecule has 0 saturated carbocycles. The van der Waals surface area contributed by atoms with E-state index < -0.39 is 21.4 Å². The second kappa shape index (κ2) is 7.54. The van der Waals surface area contributed by atoms with Crippen molar-refractivity contribution in [3.05, 3.63) is 65.0 Å². The minimum atomic E-state index is -3.52. The zero-order valence-electron chi connectivity index (χ0n) is 16.4. The molecule has 1 saturated heterocycles. The molecule has 7 heteroatoms. The molecule has 0 aromatic heterocycles. The van der Waals surface area contributed by atoms with Gasteiger partial charge in [-0.25, -0.2) is 17.1 Å². The highest BCUT2D eigenvalue weighted by molar-refractivity contribution is 7.88. The number of Topliss-reactive ketones (excluding diaryl/α,β-unsaturated/α-hetero) is 1. The van der Waals surface area contributed by atoms with E-state index in [1.165, 1.54) is 28.6 Å². The Morgan fingerprint density at radius 2 is 1.72 bits per heavy atom. The van der Waals surface area contributed by atoms with E-state index in [4.69, 9.17) is 4.74 Å². The predicted octanol–water partition coefficient (Wildman–Crippen LogP) is 3.72. The summed E-state index contributed by atoms with van der Waals surface area (Å²) in [6, 6.07) is 11.2. The van der Waals surface area contributed by atoms with Crippen molar-refractivity contribution in [1.29, 1.82) is 0 Å². The molecule has 2 aromatic rings. The number of nitrogens with zero attached hydrogens (tertiary/aromatic N) is 1. The maximum atomic E-state index is 13.1. The number of ether oxygens (including phenoxy) is 1. The fraction of sp³-hybridized carbons (Fsp3) is 0.409. The smallest absolute Gasteiger partial charge is 0.218 e. The van der Waals surface area contributed by atoms with Crippen LogP contribution in [0.25, 0.3) is 0 Å². The van der Waals surface area contributed by atoms with Crippen molar-refractivity contribution in [3.8, 4) is 5.75 Å². The number of sulfonamides is 1. The van der Waals surface area contributed by atoms with Crippen molar-refractivity contribution in [2.24, 2.45) is 0 Å². The molecule has 2 aliphatic heterocycles. The van der Waals surface area contributed by atoms with E-state index in [9.17, 15) is 17.6 Å². The van der Waals surface area contributed by atoms with E-state index in [1.54, 1.807) is 0 Å². The first-order valence-corrected chi connectivity index (χ1v) is 11.5. The number of halogens is 1. The average Bonchev–Trinajstić information content (AvgIpc) is 2.70. The quantitative estimate of drug-likeness (QED) is 0.761. The molecule has 0 bridgehead atoms. The van der Waals surface area contributed by atoms with Crippen molar-refractivity contribution >= 4 is 15.8 Å². The zero-order chi connectivity index (χ0) is 20.6. The second-order valence-electron chi connectivity index (χ2n) is 7.85. The van der Waals surface area contributed by atoms with Crippen LogP contribution < -0.4 is 4.74 Å². The van der Waals surface area contributed by atoms with Crippen LogP contribution in [0.5, 0.6) is 5.75 Å². The summed E-state index contributed by atoms with van der Waals surface area (Å²) in [4.78, 5) is 12.7. The minimum Gasteiger partial charge on any atom is -0.486 e. The monoisotopic (exact) mass is 417 g/mol. The van der Waals surface area contributed by atoms with Crippen LogP contribution in [0.4, 0.5) is 4.39 Å². The molecule has 2 aromatic carbocycles. The topological polar surface area (TPSA) is 63.7 Å². The lowest BCUT2D eigenvalue weighted by molar-refractivity contribution is 0.00587. The van der Waals surface area contributed by atoms with Gasteiger partial charge in [0.05, 0.1) is 17.7 Å². The molecule has 2 aliphatic rings. The summed E-state index contributed by atoms with van der Waals surface area (Å²) in [6.45, 7) is 2.65. The number of aryl methyl sites for hydroxylation is 1. The number of benzene rings is 2. The van der Waals surface area contributed by atoms with Crippen LogP contribution >= 0.6 is 0 Å². The number of hydrogen-bond acceptors (Lipinski definition) is 4. The summed E-state index contributed by atoms with van der Waals surface area (Å²) < 4.78 is 46.3. The van der Waals surface area contributed by atoms with Crippen LogP contribution in [0.3, 0.4) is 0 Å². The number of carbonyl (C=O) groups excluding carboxylic acids is 1. The number of rotatable bonds is 4. The lowest BCUT2D eigenvalue weighted by atomic mass is 9.82. The van der Waals surface area contributed by atoms with Gasteiger partial charge in [-0.15, -0.1) is 0 Å². The molecule has 5 nitrogen and oxygen atoms in total. The molecular weight excluding hydrogens is 393 g/mol. The van der Waals surface area contributed by atoms with Gasteiger partial charge in [0, 0.05) is 25.9 Å². The third kappa shape index (κ3) is 4.07. The summed E-state index contributed by atoms with van der Waals surface area (Å²) >= 11 is 0. The third-order valence-corrected chi connectivity index (χ3v) is 7.70. The molecule has 2 heterocycles. The first-order chi connectivity index (χ1) is 13.8. The van der Waals surface area contributed by atoms with Crippen molar-refractivity contribution in [2.75, 3.05) is 13.1 Å². The Morgan fingerprint density at radius 3 is 2.38 bits per heavy atom. The van der Waals surface area contributed by atoms with Crippen LogP contribution in [-0.4, -0.2) is 37.2 Å². The van der Waals surface area contributed by atoms with Crippen molar-refractivity contribution in [2.45, 2.75) is 44.0 Å². The van der Waals surface area contributed by atoms with E-state index in [-0.39, 0.29) is 18.0 Å². The maximum Gasteiger partial charge on any atom is 0.218 e. The Bertz CT molecular complexity index is 1030. The normalized spacial score (nSPS) is 19.0. The van der Waals surface area contributed by atoms with E-state index in [1.807, 2.05) is 25.1 Å². The number of hydrogen-bond donors (Lipinski definition) is 0. The van der Waals surface area contributed by atoms with E-state index in [0.717, 1.165) is 12.0 Å². The lowest BCUT2D eigenvalue weighted by Gasteiger charge is -2.43. The molecule has 4 rings (SSSR count). The SMILES string of the molecule is CCc1ccc2c(c1)C(=O)CC1(CCN(S(=O)(=O)Cc3ccc(F)cc3)CC1)O2. The molecule has 154 valence electrons. The van der Waals surface area contributed by atoms with Gasteiger partial charge in [0.1, 0.15) is 17.2 Å². The third-order valence-electron chi connectivity index (χ3n) is 5.85. The van der Waals surface area contributed by atoms with Crippen LogP contribution in [0.15, 0.2) is 42.5 Å². The zero-order valence-corrected chi connectivity index (χ0v) is 17.2. The van der Waals surface area contributed by atoms with E-state index in [2.05, 4.69) is 0 Å². The van der Waals surface area contributed by atoms with Crippen LogP contribution in [-0.2, 0) is 22.2 Å². The number of piperidine rings is 1. The summed E-state index contributed by atoms with van der Waals surface area (Å²) in [7, 11) is -3.52. The van der Waals surface area contributed by atoms with Crippen LogP contribution in [0.2, 0.25) is 0 Å². The molecule has 1 spiro atoms. The number of ketones is 1. The van der Waals surface area contributed by atoms with Gasteiger partial charge in [0.2, 0.25) is 10.0 Å². The van der Waals surface area contributed by atoms with E-state index >= 15 is 0 Å². The fourth-order valence-electron chi connectivity index (χ4n) is 4.09. The predicted molar refractivity (Wildman–Crippen MR) is 108 cm³/mol.